The Balaban J connectivity index is 1.83. The summed E-state index contributed by atoms with van der Waals surface area (Å²) >= 11 is 0. The zero-order valence-corrected chi connectivity index (χ0v) is 17.2. The van der Waals surface area contributed by atoms with Gasteiger partial charge in [0, 0.05) is 19.1 Å². The summed E-state index contributed by atoms with van der Waals surface area (Å²) in [7, 11) is 1.40. The van der Waals surface area contributed by atoms with Gasteiger partial charge < -0.3 is 30.1 Å². The van der Waals surface area contributed by atoms with E-state index in [1.807, 2.05) is 0 Å². The molecular weight excluding hydrogens is 381 g/mol. The Morgan fingerprint density at radius 3 is 2.48 bits per heavy atom. The maximum atomic E-state index is 14.9. The average Bonchev–Trinajstić information content (AvgIpc) is 3.30. The molecular formula is C20H28FN3O5. The van der Waals surface area contributed by atoms with Crippen LogP contribution in [0.3, 0.4) is 0 Å². The molecule has 8 nitrogen and oxygen atoms in total. The van der Waals surface area contributed by atoms with E-state index in [1.54, 1.807) is 25.7 Å². The second-order valence-corrected chi connectivity index (χ2v) is 8.46. The highest BCUT2D eigenvalue weighted by molar-refractivity contribution is 5.98. The SMILES string of the molecule is COc1c(NC2CC2)c(C(=O)O)cc(F)c1N1CCC(NC(=O)OC(C)(C)C)C1. The summed E-state index contributed by atoms with van der Waals surface area (Å²) in [5.41, 5.74) is -0.262. The molecule has 2 fully saturated rings. The van der Waals surface area contributed by atoms with Crippen LogP contribution in [-0.4, -0.2) is 55.1 Å². The Morgan fingerprint density at radius 1 is 1.24 bits per heavy atom. The molecule has 1 saturated heterocycles. The number of carbonyl (C=O) groups is 2. The number of carboxylic acids is 1. The van der Waals surface area contributed by atoms with Gasteiger partial charge in [0.2, 0.25) is 0 Å². The second kappa shape index (κ2) is 7.96. The highest BCUT2D eigenvalue weighted by atomic mass is 19.1. The summed E-state index contributed by atoms with van der Waals surface area (Å²) in [5.74, 6) is -1.71. The molecule has 1 heterocycles. The van der Waals surface area contributed by atoms with Crippen molar-refractivity contribution in [1.82, 2.24) is 5.32 Å². The summed E-state index contributed by atoms with van der Waals surface area (Å²) < 4.78 is 25.7. The summed E-state index contributed by atoms with van der Waals surface area (Å²) in [4.78, 5) is 25.4. The molecule has 1 aliphatic heterocycles. The Bertz CT molecular complexity index is 804. The van der Waals surface area contributed by atoms with Gasteiger partial charge in [-0.1, -0.05) is 0 Å². The van der Waals surface area contributed by atoms with Crippen molar-refractivity contribution in [2.75, 3.05) is 30.4 Å². The minimum atomic E-state index is -1.22. The fourth-order valence-electron chi connectivity index (χ4n) is 3.41. The van der Waals surface area contributed by atoms with E-state index in [0.717, 1.165) is 18.9 Å². The first-order valence-corrected chi connectivity index (χ1v) is 9.74. The second-order valence-electron chi connectivity index (χ2n) is 8.46. The molecule has 1 aliphatic carbocycles. The van der Waals surface area contributed by atoms with Crippen LogP contribution in [0.2, 0.25) is 0 Å². The maximum absolute atomic E-state index is 14.9. The normalized spacial score (nSPS) is 19.1. The summed E-state index contributed by atoms with van der Waals surface area (Å²) in [5, 5.41) is 15.5. The number of halogens is 1. The number of carbonyl (C=O) groups excluding carboxylic acids is 1. The van der Waals surface area contributed by atoms with Crippen LogP contribution in [0.4, 0.5) is 20.6 Å². The van der Waals surface area contributed by atoms with Crippen LogP contribution in [0, 0.1) is 5.82 Å². The number of carboxylic acid groups (broad SMARTS) is 1. The van der Waals surface area contributed by atoms with Gasteiger partial charge in [-0.25, -0.2) is 14.0 Å². The van der Waals surface area contributed by atoms with Crippen LogP contribution in [0.1, 0.15) is 50.4 Å². The zero-order valence-electron chi connectivity index (χ0n) is 17.2. The largest absolute Gasteiger partial charge is 0.492 e. The first kappa shape index (κ1) is 21.0. The van der Waals surface area contributed by atoms with Crippen molar-refractivity contribution in [2.24, 2.45) is 0 Å². The minimum absolute atomic E-state index is 0.155. The highest BCUT2D eigenvalue weighted by Gasteiger charge is 2.34. The summed E-state index contributed by atoms with van der Waals surface area (Å²) in [6.45, 7) is 6.20. The predicted octanol–water partition coefficient (Wildman–Crippen LogP) is 3.21. The molecule has 0 aromatic heterocycles. The van der Waals surface area contributed by atoms with E-state index in [2.05, 4.69) is 10.6 Å². The van der Waals surface area contributed by atoms with Crippen molar-refractivity contribution in [2.45, 2.75) is 57.7 Å². The van der Waals surface area contributed by atoms with Gasteiger partial charge in [-0.15, -0.1) is 0 Å². The van der Waals surface area contributed by atoms with Crippen molar-refractivity contribution in [3.05, 3.63) is 17.4 Å². The van der Waals surface area contributed by atoms with E-state index in [-0.39, 0.29) is 29.1 Å². The Kier molecular flexibility index (Phi) is 5.77. The molecule has 29 heavy (non-hydrogen) atoms. The molecule has 1 aromatic carbocycles. The van der Waals surface area contributed by atoms with Crippen LogP contribution < -0.4 is 20.3 Å². The number of ether oxygens (including phenoxy) is 2. The van der Waals surface area contributed by atoms with Gasteiger partial charge >= 0.3 is 12.1 Å². The maximum Gasteiger partial charge on any atom is 0.407 e. The monoisotopic (exact) mass is 409 g/mol. The van der Waals surface area contributed by atoms with Gasteiger partial charge in [0.05, 0.1) is 24.4 Å². The summed E-state index contributed by atoms with van der Waals surface area (Å²) in [6.07, 6.45) is 1.95. The number of nitrogens with one attached hydrogen (secondary N) is 2. The van der Waals surface area contributed by atoms with Crippen LogP contribution in [0.15, 0.2) is 6.07 Å². The first-order valence-electron chi connectivity index (χ1n) is 9.74. The van der Waals surface area contributed by atoms with Gasteiger partial charge in [-0.3, -0.25) is 0 Å². The Hall–Kier alpha value is -2.71. The van der Waals surface area contributed by atoms with Gasteiger partial charge in [-0.2, -0.15) is 0 Å². The molecule has 3 N–H and O–H groups in total. The Labute approximate surface area is 169 Å². The Morgan fingerprint density at radius 2 is 1.93 bits per heavy atom. The summed E-state index contributed by atoms with van der Waals surface area (Å²) in [6, 6.07) is 0.980. The molecule has 1 amide bonds. The number of nitrogens with zero attached hydrogens (tertiary/aromatic N) is 1. The molecule has 160 valence electrons. The van der Waals surface area contributed by atoms with Gasteiger partial charge in [0.25, 0.3) is 0 Å². The lowest BCUT2D eigenvalue weighted by Gasteiger charge is -2.25. The number of hydrogen-bond donors (Lipinski definition) is 3. The van der Waals surface area contributed by atoms with Crippen LogP contribution in [-0.2, 0) is 4.74 Å². The number of alkyl carbamates (subject to hydrolysis) is 1. The standard InChI is InChI=1S/C20H28FN3O5/c1-20(2,3)29-19(27)23-12-7-8-24(10-12)16-14(21)9-13(18(25)26)15(17(16)28-4)22-11-5-6-11/h9,11-12,22H,5-8,10H2,1-4H3,(H,23,27)(H,25,26). The van der Waals surface area contributed by atoms with Gasteiger partial charge in [0.1, 0.15) is 11.3 Å². The molecule has 1 saturated carbocycles. The van der Waals surface area contributed by atoms with E-state index in [1.165, 1.54) is 7.11 Å². The van der Waals surface area contributed by atoms with E-state index >= 15 is 0 Å². The fraction of sp³-hybridized carbons (Fsp3) is 0.600. The molecule has 0 bridgehead atoms. The third-order valence-electron chi connectivity index (χ3n) is 4.79. The number of benzene rings is 1. The lowest BCUT2D eigenvalue weighted by molar-refractivity contribution is 0.0508. The van der Waals surface area contributed by atoms with Crippen LogP contribution in [0.25, 0.3) is 0 Å². The molecule has 0 spiro atoms. The molecule has 1 unspecified atom stereocenters. The van der Waals surface area contributed by atoms with Crippen molar-refractivity contribution in [3.63, 3.8) is 0 Å². The van der Waals surface area contributed by atoms with Crippen molar-refractivity contribution >= 4 is 23.4 Å². The number of amides is 1. The zero-order chi connectivity index (χ0) is 21.3. The van der Waals surface area contributed by atoms with Crippen LogP contribution in [0.5, 0.6) is 5.75 Å². The number of anilines is 2. The lowest BCUT2D eigenvalue weighted by atomic mass is 10.1. The molecule has 9 heteroatoms. The topological polar surface area (TPSA) is 100 Å². The molecule has 1 aromatic rings. The van der Waals surface area contributed by atoms with Crippen molar-refractivity contribution in [1.29, 1.82) is 0 Å². The van der Waals surface area contributed by atoms with Crippen LogP contribution >= 0.6 is 0 Å². The lowest BCUT2D eigenvalue weighted by Crippen LogP contribution is -2.40. The van der Waals surface area contributed by atoms with Crippen molar-refractivity contribution < 1.29 is 28.6 Å². The average molecular weight is 409 g/mol. The smallest absolute Gasteiger partial charge is 0.407 e. The first-order chi connectivity index (χ1) is 13.6. The van der Waals surface area contributed by atoms with Gasteiger partial charge in [0.15, 0.2) is 11.6 Å². The minimum Gasteiger partial charge on any atom is -0.492 e. The molecule has 1 atom stereocenters. The third-order valence-corrected chi connectivity index (χ3v) is 4.79. The third kappa shape index (κ3) is 5.02. The van der Waals surface area contributed by atoms with E-state index in [4.69, 9.17) is 9.47 Å². The molecule has 2 aliphatic rings. The molecule has 0 radical (unpaired) electrons. The number of methoxy groups -OCH3 is 1. The highest BCUT2D eigenvalue weighted by Crippen LogP contribution is 2.43. The molecule has 3 rings (SSSR count). The van der Waals surface area contributed by atoms with Gasteiger partial charge in [-0.05, 0) is 46.1 Å². The number of rotatable bonds is 6. The fourth-order valence-corrected chi connectivity index (χ4v) is 3.41. The number of aromatic carboxylic acids is 1. The van der Waals surface area contributed by atoms with E-state index in [9.17, 15) is 19.1 Å². The van der Waals surface area contributed by atoms with Crippen molar-refractivity contribution in [3.8, 4) is 5.75 Å². The quantitative estimate of drug-likeness (QED) is 0.663. The predicted molar refractivity (Wildman–Crippen MR) is 107 cm³/mol. The van der Waals surface area contributed by atoms with E-state index in [0.29, 0.717) is 25.2 Å². The van der Waals surface area contributed by atoms with E-state index < -0.39 is 23.5 Å². The number of hydrogen-bond acceptors (Lipinski definition) is 6.